The van der Waals surface area contributed by atoms with Gasteiger partial charge in [0, 0.05) is 43.3 Å². The van der Waals surface area contributed by atoms with Crippen LogP contribution in [0.3, 0.4) is 0 Å². The number of carbonyl (C=O) groups is 2. The number of carbonyl (C=O) groups excluding carboxylic acids is 2. The Morgan fingerprint density at radius 1 is 0.917 bits per heavy atom. The van der Waals surface area contributed by atoms with E-state index in [0.29, 0.717) is 49.7 Å². The van der Waals surface area contributed by atoms with Gasteiger partial charge in [0.1, 0.15) is 23.9 Å². The number of benzene rings is 2. The molecule has 0 saturated carbocycles. The summed E-state index contributed by atoms with van der Waals surface area (Å²) in [5.74, 6) is 0.106. The van der Waals surface area contributed by atoms with Crippen LogP contribution in [0.5, 0.6) is 11.5 Å². The summed E-state index contributed by atoms with van der Waals surface area (Å²) in [6, 6.07) is 14.9. The van der Waals surface area contributed by atoms with Crippen LogP contribution in [0.1, 0.15) is 27.2 Å². The number of ether oxygens (including phenoxy) is 3. The molecule has 1 heterocycles. The van der Waals surface area contributed by atoms with Crippen molar-refractivity contribution in [2.24, 2.45) is 0 Å². The van der Waals surface area contributed by atoms with E-state index in [2.05, 4.69) is 0 Å². The molecule has 7 nitrogen and oxygen atoms in total. The van der Waals surface area contributed by atoms with Crippen LogP contribution in [0.15, 0.2) is 60.0 Å². The summed E-state index contributed by atoms with van der Waals surface area (Å²) < 4.78 is 29.2. The maximum absolute atomic E-state index is 13.5. The summed E-state index contributed by atoms with van der Waals surface area (Å²) in [5.41, 5.74) is 1.16. The number of rotatable bonds is 13. The molecule has 9 heteroatoms. The first-order valence-corrected chi connectivity index (χ1v) is 12.4. The number of hydrogen-bond acceptors (Lipinski definition) is 6. The Kier molecular flexibility index (Phi) is 10.3. The molecule has 0 aliphatic rings. The van der Waals surface area contributed by atoms with Gasteiger partial charge in [-0.3, -0.25) is 9.59 Å². The molecule has 3 rings (SSSR count). The van der Waals surface area contributed by atoms with E-state index < -0.39 is 0 Å². The van der Waals surface area contributed by atoms with Gasteiger partial charge >= 0.3 is 0 Å². The normalized spacial score (nSPS) is 10.7. The molecule has 0 atom stereocenters. The van der Waals surface area contributed by atoms with Crippen LogP contribution in [0.2, 0.25) is 0 Å². The SMILES string of the molecule is COCCCN(CC(=O)N(Cc1ccc(F)cc1)Cc1cccs1)C(=O)c1cc(OC)cc(OC)c1. The lowest BCUT2D eigenvalue weighted by Gasteiger charge is -2.28. The van der Waals surface area contributed by atoms with Crippen LogP contribution in [0, 0.1) is 5.82 Å². The predicted molar refractivity (Wildman–Crippen MR) is 137 cm³/mol. The molecule has 0 fully saturated rings. The maximum Gasteiger partial charge on any atom is 0.254 e. The lowest BCUT2D eigenvalue weighted by molar-refractivity contribution is -0.133. The van der Waals surface area contributed by atoms with E-state index in [4.69, 9.17) is 14.2 Å². The molecular weight excluding hydrogens is 483 g/mol. The first-order valence-electron chi connectivity index (χ1n) is 11.5. The number of amides is 2. The zero-order valence-electron chi connectivity index (χ0n) is 20.7. The molecule has 36 heavy (non-hydrogen) atoms. The lowest BCUT2D eigenvalue weighted by atomic mass is 10.1. The highest BCUT2D eigenvalue weighted by Crippen LogP contribution is 2.24. The largest absolute Gasteiger partial charge is 0.497 e. The first-order chi connectivity index (χ1) is 17.4. The van der Waals surface area contributed by atoms with Crippen LogP contribution < -0.4 is 9.47 Å². The van der Waals surface area contributed by atoms with Gasteiger partial charge in [0.2, 0.25) is 5.91 Å². The van der Waals surface area contributed by atoms with Crippen molar-refractivity contribution in [1.82, 2.24) is 9.80 Å². The third kappa shape index (κ3) is 7.79. The monoisotopic (exact) mass is 514 g/mol. The fourth-order valence-electron chi connectivity index (χ4n) is 3.66. The average molecular weight is 515 g/mol. The van der Waals surface area contributed by atoms with Crippen molar-refractivity contribution >= 4 is 23.2 Å². The zero-order valence-corrected chi connectivity index (χ0v) is 21.6. The molecule has 0 bridgehead atoms. The predicted octanol–water partition coefficient (Wildman–Crippen LogP) is 4.61. The van der Waals surface area contributed by atoms with Gasteiger partial charge in [0.25, 0.3) is 5.91 Å². The van der Waals surface area contributed by atoms with E-state index in [1.54, 1.807) is 53.7 Å². The molecule has 192 valence electrons. The van der Waals surface area contributed by atoms with Crippen molar-refractivity contribution in [2.75, 3.05) is 41.0 Å². The molecule has 0 radical (unpaired) electrons. The van der Waals surface area contributed by atoms with Gasteiger partial charge in [-0.1, -0.05) is 18.2 Å². The van der Waals surface area contributed by atoms with Crippen LogP contribution >= 0.6 is 11.3 Å². The van der Waals surface area contributed by atoms with E-state index in [0.717, 1.165) is 10.4 Å². The molecule has 0 saturated heterocycles. The molecule has 2 aromatic carbocycles. The quantitative estimate of drug-likeness (QED) is 0.312. The minimum atomic E-state index is -0.335. The van der Waals surface area contributed by atoms with Crippen LogP contribution in [-0.2, 0) is 22.6 Å². The minimum Gasteiger partial charge on any atom is -0.497 e. The van der Waals surface area contributed by atoms with Crippen LogP contribution in [-0.4, -0.2) is 62.6 Å². The van der Waals surface area contributed by atoms with E-state index in [1.165, 1.54) is 31.3 Å². The fourth-order valence-corrected chi connectivity index (χ4v) is 4.38. The molecule has 0 aliphatic heterocycles. The van der Waals surface area contributed by atoms with Crippen molar-refractivity contribution < 1.29 is 28.2 Å². The van der Waals surface area contributed by atoms with Gasteiger partial charge in [-0.15, -0.1) is 11.3 Å². The fraction of sp³-hybridized carbons (Fsp3) is 0.333. The van der Waals surface area contributed by atoms with Crippen molar-refractivity contribution in [1.29, 1.82) is 0 Å². The smallest absolute Gasteiger partial charge is 0.254 e. The number of thiophene rings is 1. The Bertz CT molecular complexity index is 1100. The lowest BCUT2D eigenvalue weighted by Crippen LogP contribution is -2.43. The molecule has 2 amide bonds. The van der Waals surface area contributed by atoms with Crippen LogP contribution in [0.4, 0.5) is 4.39 Å². The number of nitrogens with zero attached hydrogens (tertiary/aromatic N) is 2. The summed E-state index contributed by atoms with van der Waals surface area (Å²) in [5, 5.41) is 1.95. The first kappa shape index (κ1) is 27.2. The second-order valence-electron chi connectivity index (χ2n) is 8.13. The third-order valence-electron chi connectivity index (χ3n) is 5.55. The summed E-state index contributed by atoms with van der Waals surface area (Å²) >= 11 is 1.55. The van der Waals surface area contributed by atoms with Gasteiger partial charge in [0.15, 0.2) is 0 Å². The molecule has 0 unspecified atom stereocenters. The minimum absolute atomic E-state index is 0.116. The van der Waals surface area contributed by atoms with Crippen LogP contribution in [0.25, 0.3) is 0 Å². The average Bonchev–Trinajstić information content (AvgIpc) is 3.41. The Labute approximate surface area is 215 Å². The topological polar surface area (TPSA) is 68.3 Å². The molecule has 1 aromatic heterocycles. The highest BCUT2D eigenvalue weighted by atomic mass is 32.1. The standard InChI is InChI=1S/C27H31FN2O5S/c1-33-12-5-11-29(27(32)21-14-23(34-2)16-24(15-21)35-3)19-26(31)30(18-25-6-4-13-36-25)17-20-7-9-22(28)10-8-20/h4,6-10,13-16H,5,11-12,17-19H2,1-3H3. The van der Waals surface area contributed by atoms with Gasteiger partial charge in [-0.05, 0) is 47.7 Å². The number of methoxy groups -OCH3 is 3. The van der Waals surface area contributed by atoms with Crippen molar-refractivity contribution in [3.8, 4) is 11.5 Å². The van der Waals surface area contributed by atoms with Gasteiger partial charge in [0.05, 0.1) is 20.8 Å². The van der Waals surface area contributed by atoms with E-state index in [9.17, 15) is 14.0 Å². The zero-order chi connectivity index (χ0) is 25.9. The van der Waals surface area contributed by atoms with Gasteiger partial charge in [-0.25, -0.2) is 4.39 Å². The summed E-state index contributed by atoms with van der Waals surface area (Å²) in [6.07, 6.45) is 0.569. The molecule has 0 N–H and O–H groups in total. The molecule has 3 aromatic rings. The molecule has 0 spiro atoms. The molecular formula is C27H31FN2O5S. The van der Waals surface area contributed by atoms with Crippen molar-refractivity contribution in [2.45, 2.75) is 19.5 Å². The van der Waals surface area contributed by atoms with Crippen molar-refractivity contribution in [3.05, 3.63) is 81.8 Å². The van der Waals surface area contributed by atoms with Crippen molar-refractivity contribution in [3.63, 3.8) is 0 Å². The number of hydrogen-bond donors (Lipinski definition) is 0. The summed E-state index contributed by atoms with van der Waals surface area (Å²) in [6.45, 7) is 1.36. The van der Waals surface area contributed by atoms with Gasteiger partial charge < -0.3 is 24.0 Å². The summed E-state index contributed by atoms with van der Waals surface area (Å²) in [7, 11) is 4.62. The summed E-state index contributed by atoms with van der Waals surface area (Å²) in [4.78, 5) is 31.3. The van der Waals surface area contributed by atoms with E-state index in [-0.39, 0.29) is 24.2 Å². The van der Waals surface area contributed by atoms with E-state index >= 15 is 0 Å². The second-order valence-corrected chi connectivity index (χ2v) is 9.16. The Morgan fingerprint density at radius 2 is 1.61 bits per heavy atom. The highest BCUT2D eigenvalue weighted by Gasteiger charge is 2.24. The maximum atomic E-state index is 13.5. The number of halogens is 1. The second kappa shape index (κ2) is 13.6. The highest BCUT2D eigenvalue weighted by molar-refractivity contribution is 7.09. The van der Waals surface area contributed by atoms with Gasteiger partial charge in [-0.2, -0.15) is 0 Å². The Hall–Kier alpha value is -3.43. The van der Waals surface area contributed by atoms with E-state index in [1.807, 2.05) is 17.5 Å². The Morgan fingerprint density at radius 3 is 2.19 bits per heavy atom. The molecule has 0 aliphatic carbocycles. The Balaban J connectivity index is 1.84. The third-order valence-corrected chi connectivity index (χ3v) is 6.42.